The lowest BCUT2D eigenvalue weighted by molar-refractivity contribution is 0.151. The third-order valence-corrected chi connectivity index (χ3v) is 4.91. The van der Waals surface area contributed by atoms with Gasteiger partial charge in [-0.1, -0.05) is 13.8 Å². The number of hydrogen-bond donors (Lipinski definition) is 2. The van der Waals surface area contributed by atoms with Crippen molar-refractivity contribution in [2.45, 2.75) is 39.2 Å². The van der Waals surface area contributed by atoms with Crippen LogP contribution in [-0.2, 0) is 5.54 Å². The van der Waals surface area contributed by atoms with Gasteiger partial charge in [0.05, 0.1) is 5.54 Å². The van der Waals surface area contributed by atoms with E-state index in [9.17, 15) is 0 Å². The molecule has 1 aromatic rings. The van der Waals surface area contributed by atoms with Crippen molar-refractivity contribution in [1.29, 1.82) is 0 Å². The summed E-state index contributed by atoms with van der Waals surface area (Å²) < 4.78 is 0. The number of nitrogens with zero attached hydrogens (tertiary/aromatic N) is 1. The van der Waals surface area contributed by atoms with Gasteiger partial charge in [-0.3, -0.25) is 0 Å². The average molecular weight is 253 g/mol. The Kier molecular flexibility index (Phi) is 4.17. The first-order valence-corrected chi connectivity index (χ1v) is 7.49. The summed E-state index contributed by atoms with van der Waals surface area (Å²) in [5, 5.41) is 10.7. The molecule has 0 amide bonds. The van der Waals surface area contributed by atoms with Gasteiger partial charge in [0.2, 0.25) is 0 Å². The molecule has 1 fully saturated rings. The van der Waals surface area contributed by atoms with Crippen LogP contribution in [0, 0.1) is 12.8 Å². The van der Waals surface area contributed by atoms with Crippen molar-refractivity contribution in [3.8, 4) is 0 Å². The number of aromatic nitrogens is 1. The van der Waals surface area contributed by atoms with E-state index in [0.717, 1.165) is 31.7 Å². The molecule has 4 heteroatoms. The fourth-order valence-corrected chi connectivity index (χ4v) is 3.98. The third-order valence-electron chi connectivity index (χ3n) is 3.77. The standard InChI is InChI=1S/C13H23N3S/c1-4-11-8-14-7-6-13(11,15-5-2)12-16-10(3)9-17-12/h9,11,14-15H,4-8H2,1-3H3. The van der Waals surface area contributed by atoms with E-state index in [1.54, 1.807) is 0 Å². The number of nitrogens with one attached hydrogen (secondary N) is 2. The molecular formula is C13H23N3S. The lowest BCUT2D eigenvalue weighted by atomic mass is 9.77. The van der Waals surface area contributed by atoms with Crippen LogP contribution < -0.4 is 10.6 Å². The van der Waals surface area contributed by atoms with Gasteiger partial charge in [-0.2, -0.15) is 0 Å². The molecule has 0 radical (unpaired) electrons. The van der Waals surface area contributed by atoms with Crippen LogP contribution in [0.1, 0.15) is 37.4 Å². The zero-order chi connectivity index (χ0) is 12.3. The second-order valence-corrected chi connectivity index (χ2v) is 5.71. The molecule has 1 aliphatic heterocycles. The molecule has 3 nitrogen and oxygen atoms in total. The summed E-state index contributed by atoms with van der Waals surface area (Å²) in [6.07, 6.45) is 2.34. The van der Waals surface area contributed by atoms with Crippen molar-refractivity contribution in [3.05, 3.63) is 16.1 Å². The van der Waals surface area contributed by atoms with Crippen LogP contribution in [0.15, 0.2) is 5.38 Å². The Labute approximate surface area is 108 Å². The van der Waals surface area contributed by atoms with Crippen LogP contribution in [0.3, 0.4) is 0 Å². The molecule has 0 spiro atoms. The number of aryl methyl sites for hydroxylation is 1. The molecule has 2 atom stereocenters. The highest BCUT2D eigenvalue weighted by molar-refractivity contribution is 7.09. The predicted octanol–water partition coefficient (Wildman–Crippen LogP) is 2.28. The zero-order valence-corrected chi connectivity index (χ0v) is 11.9. The maximum Gasteiger partial charge on any atom is 0.113 e. The van der Waals surface area contributed by atoms with Crippen molar-refractivity contribution in [3.63, 3.8) is 0 Å². The van der Waals surface area contributed by atoms with Crippen LogP contribution in [0.25, 0.3) is 0 Å². The highest BCUT2D eigenvalue weighted by Gasteiger charge is 2.42. The molecular weight excluding hydrogens is 230 g/mol. The minimum atomic E-state index is 0.105. The SMILES string of the molecule is CCNC1(c2nc(C)cs2)CCNCC1CC. The fourth-order valence-electron chi connectivity index (χ4n) is 2.90. The van der Waals surface area contributed by atoms with Gasteiger partial charge in [0, 0.05) is 17.6 Å². The quantitative estimate of drug-likeness (QED) is 0.864. The molecule has 17 heavy (non-hydrogen) atoms. The first-order chi connectivity index (χ1) is 8.23. The molecule has 2 unspecified atom stereocenters. The summed E-state index contributed by atoms with van der Waals surface area (Å²) in [5.41, 5.74) is 1.25. The first kappa shape index (κ1) is 13.0. The van der Waals surface area contributed by atoms with E-state index in [-0.39, 0.29) is 5.54 Å². The minimum Gasteiger partial charge on any atom is -0.316 e. The van der Waals surface area contributed by atoms with Gasteiger partial charge < -0.3 is 10.6 Å². The summed E-state index contributed by atoms with van der Waals surface area (Å²) in [5.74, 6) is 0.641. The van der Waals surface area contributed by atoms with Gasteiger partial charge in [0.15, 0.2) is 0 Å². The van der Waals surface area contributed by atoms with Gasteiger partial charge in [0.25, 0.3) is 0 Å². The van der Waals surface area contributed by atoms with Gasteiger partial charge in [-0.25, -0.2) is 4.98 Å². The van der Waals surface area contributed by atoms with E-state index in [1.807, 2.05) is 11.3 Å². The minimum absolute atomic E-state index is 0.105. The summed E-state index contributed by atoms with van der Waals surface area (Å²) in [6, 6.07) is 0. The molecule has 0 saturated carbocycles. The number of rotatable bonds is 4. The smallest absolute Gasteiger partial charge is 0.113 e. The molecule has 1 aliphatic rings. The average Bonchev–Trinajstić information content (AvgIpc) is 2.77. The topological polar surface area (TPSA) is 37.0 Å². The van der Waals surface area contributed by atoms with E-state index in [4.69, 9.17) is 4.98 Å². The molecule has 0 aliphatic carbocycles. The van der Waals surface area contributed by atoms with E-state index in [2.05, 4.69) is 36.8 Å². The van der Waals surface area contributed by atoms with E-state index >= 15 is 0 Å². The summed E-state index contributed by atoms with van der Waals surface area (Å²) in [7, 11) is 0. The maximum atomic E-state index is 4.75. The Morgan fingerprint density at radius 2 is 2.41 bits per heavy atom. The fraction of sp³-hybridized carbons (Fsp3) is 0.769. The molecule has 0 bridgehead atoms. The molecule has 0 aromatic carbocycles. The second kappa shape index (κ2) is 5.46. The van der Waals surface area contributed by atoms with Crippen LogP contribution in [0.2, 0.25) is 0 Å². The summed E-state index contributed by atoms with van der Waals surface area (Å²) in [6.45, 7) is 9.75. The first-order valence-electron chi connectivity index (χ1n) is 6.61. The molecule has 96 valence electrons. The van der Waals surface area contributed by atoms with Gasteiger partial charge >= 0.3 is 0 Å². The normalized spacial score (nSPS) is 29.5. The van der Waals surface area contributed by atoms with Crippen molar-refractivity contribution in [2.24, 2.45) is 5.92 Å². The van der Waals surface area contributed by atoms with E-state index in [0.29, 0.717) is 5.92 Å². The van der Waals surface area contributed by atoms with Crippen LogP contribution in [0.4, 0.5) is 0 Å². The Bertz CT molecular complexity index is 359. The number of thiazole rings is 1. The van der Waals surface area contributed by atoms with Crippen LogP contribution in [-0.4, -0.2) is 24.6 Å². The molecule has 1 saturated heterocycles. The van der Waals surface area contributed by atoms with Gasteiger partial charge in [-0.05, 0) is 38.8 Å². The predicted molar refractivity (Wildman–Crippen MR) is 73.5 cm³/mol. The monoisotopic (exact) mass is 253 g/mol. The lowest BCUT2D eigenvalue weighted by Gasteiger charge is -2.43. The van der Waals surface area contributed by atoms with Crippen LogP contribution in [0.5, 0.6) is 0 Å². The van der Waals surface area contributed by atoms with Crippen LogP contribution >= 0.6 is 11.3 Å². The second-order valence-electron chi connectivity index (χ2n) is 4.86. The third kappa shape index (κ3) is 2.39. The Morgan fingerprint density at radius 1 is 1.59 bits per heavy atom. The van der Waals surface area contributed by atoms with Gasteiger partial charge in [0.1, 0.15) is 5.01 Å². The van der Waals surface area contributed by atoms with E-state index in [1.165, 1.54) is 11.4 Å². The zero-order valence-electron chi connectivity index (χ0n) is 11.0. The van der Waals surface area contributed by atoms with Crippen molar-refractivity contribution in [2.75, 3.05) is 19.6 Å². The highest BCUT2D eigenvalue weighted by Crippen LogP contribution is 2.38. The maximum absolute atomic E-state index is 4.75. The highest BCUT2D eigenvalue weighted by atomic mass is 32.1. The lowest BCUT2D eigenvalue weighted by Crippen LogP contribution is -2.56. The van der Waals surface area contributed by atoms with E-state index < -0.39 is 0 Å². The van der Waals surface area contributed by atoms with Crippen molar-refractivity contribution < 1.29 is 0 Å². The molecule has 1 aromatic heterocycles. The molecule has 2 rings (SSSR count). The summed E-state index contributed by atoms with van der Waals surface area (Å²) >= 11 is 1.81. The largest absolute Gasteiger partial charge is 0.316 e. The van der Waals surface area contributed by atoms with Gasteiger partial charge in [-0.15, -0.1) is 11.3 Å². The van der Waals surface area contributed by atoms with Crippen molar-refractivity contribution >= 4 is 11.3 Å². The van der Waals surface area contributed by atoms with Crippen molar-refractivity contribution in [1.82, 2.24) is 15.6 Å². The number of piperidine rings is 1. The number of hydrogen-bond acceptors (Lipinski definition) is 4. The molecule has 2 N–H and O–H groups in total. The Balaban J connectivity index is 2.35. The Hall–Kier alpha value is -0.450. The molecule has 2 heterocycles. The Morgan fingerprint density at radius 3 is 3.00 bits per heavy atom. The summed E-state index contributed by atoms with van der Waals surface area (Å²) in [4.78, 5) is 4.75.